The molecule has 1 amide bonds. The highest BCUT2D eigenvalue weighted by atomic mass is 32.2. The van der Waals surface area contributed by atoms with E-state index in [4.69, 9.17) is 5.73 Å². The second-order valence-electron chi connectivity index (χ2n) is 10.3. The number of hydrogen-bond donors (Lipinski definition) is 3. The Morgan fingerprint density at radius 2 is 1.54 bits per heavy atom. The van der Waals surface area contributed by atoms with Crippen LogP contribution < -0.4 is 20.7 Å². The first kappa shape index (κ1) is 28.2. The average molecular weight is 570 g/mol. The third-order valence-corrected chi connectivity index (χ3v) is 8.71. The fraction of sp³-hybridized carbons (Fsp3) is 0.219. The first-order valence-electron chi connectivity index (χ1n) is 13.6. The maximum absolute atomic E-state index is 12.7. The highest BCUT2D eigenvalue weighted by Gasteiger charge is 2.21. The fourth-order valence-electron chi connectivity index (χ4n) is 4.91. The van der Waals surface area contributed by atoms with E-state index in [9.17, 15) is 13.2 Å². The van der Waals surface area contributed by atoms with Crippen LogP contribution in [0.25, 0.3) is 0 Å². The van der Waals surface area contributed by atoms with Crippen molar-refractivity contribution in [3.63, 3.8) is 0 Å². The first-order valence-corrected chi connectivity index (χ1v) is 15.1. The number of hydrogen-bond acceptors (Lipinski definition) is 7. The Morgan fingerprint density at radius 1 is 0.854 bits per heavy atom. The molecule has 4 aromatic rings. The van der Waals surface area contributed by atoms with E-state index in [2.05, 4.69) is 68.4 Å². The van der Waals surface area contributed by atoms with Crippen LogP contribution in [0.5, 0.6) is 0 Å². The Hall–Kier alpha value is -4.34. The zero-order chi connectivity index (χ0) is 28.8. The van der Waals surface area contributed by atoms with Gasteiger partial charge in [0.1, 0.15) is 0 Å². The molecule has 0 aliphatic carbocycles. The van der Waals surface area contributed by atoms with Crippen molar-refractivity contribution in [3.8, 4) is 0 Å². The normalized spacial score (nSPS) is 14.0. The number of nitrogens with two attached hydrogens (primary N) is 1. The van der Waals surface area contributed by atoms with Gasteiger partial charge in [-0.05, 0) is 72.1 Å². The second-order valence-corrected chi connectivity index (χ2v) is 11.9. The van der Waals surface area contributed by atoms with Gasteiger partial charge in [-0.3, -0.25) is 9.69 Å². The van der Waals surface area contributed by atoms with E-state index in [1.165, 1.54) is 29.3 Å². The van der Waals surface area contributed by atoms with Crippen molar-refractivity contribution in [2.75, 3.05) is 42.1 Å². The number of sulfonamides is 1. The van der Waals surface area contributed by atoms with Crippen molar-refractivity contribution in [3.05, 3.63) is 119 Å². The van der Waals surface area contributed by atoms with Crippen LogP contribution >= 0.6 is 0 Å². The van der Waals surface area contributed by atoms with Crippen LogP contribution in [0.4, 0.5) is 17.1 Å². The SMILES string of the molecule is Cc1cc(S(=O)(=O)NC(=O)c2ccc(N3CCN(Cc4ccccc4NCc4ccccc4)CC3)cc2)ccc1N. The van der Waals surface area contributed by atoms with Crippen LogP contribution in [0, 0.1) is 6.92 Å². The summed E-state index contributed by atoms with van der Waals surface area (Å²) in [6, 6.07) is 30.3. The van der Waals surface area contributed by atoms with Crippen LogP contribution in [0.2, 0.25) is 0 Å². The number of carbonyl (C=O) groups excluding carboxylic acids is 1. The third-order valence-electron chi connectivity index (χ3n) is 7.38. The minimum Gasteiger partial charge on any atom is -0.399 e. The number of anilines is 3. The number of nitrogen functional groups attached to an aromatic ring is 1. The van der Waals surface area contributed by atoms with Gasteiger partial charge in [0.25, 0.3) is 15.9 Å². The molecule has 1 aliphatic rings. The predicted octanol–water partition coefficient (Wildman–Crippen LogP) is 4.63. The summed E-state index contributed by atoms with van der Waals surface area (Å²) in [6.45, 7) is 6.91. The van der Waals surface area contributed by atoms with Crippen molar-refractivity contribution in [2.45, 2.75) is 24.9 Å². The lowest BCUT2D eigenvalue weighted by Gasteiger charge is -2.36. The average Bonchev–Trinajstić information content (AvgIpc) is 2.99. The van der Waals surface area contributed by atoms with E-state index in [0.717, 1.165) is 50.6 Å². The van der Waals surface area contributed by atoms with E-state index in [-0.39, 0.29) is 10.5 Å². The van der Waals surface area contributed by atoms with Gasteiger partial charge in [0, 0.05) is 61.9 Å². The van der Waals surface area contributed by atoms with Gasteiger partial charge in [0.15, 0.2) is 0 Å². The molecule has 0 unspecified atom stereocenters. The van der Waals surface area contributed by atoms with Crippen molar-refractivity contribution >= 4 is 33.0 Å². The standard InChI is InChI=1S/C32H35N5O3S/c1-24-21-29(15-16-30(24)33)41(39,40)35-32(38)26-11-13-28(14-12-26)37-19-17-36(18-20-37)23-27-9-5-6-10-31(27)34-22-25-7-3-2-4-8-25/h2-16,21,34H,17-20,22-23,33H2,1H3,(H,35,38). The van der Waals surface area contributed by atoms with Crippen molar-refractivity contribution < 1.29 is 13.2 Å². The summed E-state index contributed by atoms with van der Waals surface area (Å²) in [4.78, 5) is 17.4. The molecule has 4 aromatic carbocycles. The van der Waals surface area contributed by atoms with E-state index in [1.807, 2.05) is 18.2 Å². The Morgan fingerprint density at radius 3 is 2.24 bits per heavy atom. The van der Waals surface area contributed by atoms with Gasteiger partial charge in [-0.2, -0.15) is 0 Å². The number of aryl methyl sites for hydroxylation is 1. The maximum atomic E-state index is 12.7. The largest absolute Gasteiger partial charge is 0.399 e. The zero-order valence-corrected chi connectivity index (χ0v) is 23.9. The molecule has 1 saturated heterocycles. The minimum atomic E-state index is -4.01. The molecule has 1 fully saturated rings. The molecule has 0 bridgehead atoms. The Labute approximate surface area is 241 Å². The number of para-hydroxylation sites is 1. The first-order chi connectivity index (χ1) is 19.8. The van der Waals surface area contributed by atoms with Crippen molar-refractivity contribution in [2.24, 2.45) is 0 Å². The summed E-state index contributed by atoms with van der Waals surface area (Å²) >= 11 is 0. The van der Waals surface area contributed by atoms with Crippen molar-refractivity contribution in [1.82, 2.24) is 9.62 Å². The smallest absolute Gasteiger partial charge is 0.264 e. The summed E-state index contributed by atoms with van der Waals surface area (Å²) in [5.41, 5.74) is 11.9. The number of amides is 1. The lowest BCUT2D eigenvalue weighted by Crippen LogP contribution is -2.46. The lowest BCUT2D eigenvalue weighted by molar-refractivity contribution is 0.0981. The van der Waals surface area contributed by atoms with Gasteiger partial charge < -0.3 is 16.0 Å². The molecule has 0 radical (unpaired) electrons. The van der Waals surface area contributed by atoms with Gasteiger partial charge in [0.05, 0.1) is 4.90 Å². The highest BCUT2D eigenvalue weighted by molar-refractivity contribution is 7.90. The minimum absolute atomic E-state index is 0.00152. The molecule has 0 atom stereocenters. The van der Waals surface area contributed by atoms with Crippen LogP contribution in [0.15, 0.2) is 102 Å². The molecular weight excluding hydrogens is 534 g/mol. The predicted molar refractivity (Wildman–Crippen MR) is 164 cm³/mol. The molecule has 212 valence electrons. The van der Waals surface area contributed by atoms with Crippen LogP contribution in [0.1, 0.15) is 27.0 Å². The number of carbonyl (C=O) groups is 1. The number of nitrogens with one attached hydrogen (secondary N) is 2. The Balaban J connectivity index is 1.15. The van der Waals surface area contributed by atoms with Gasteiger partial charge >= 0.3 is 0 Å². The topological polar surface area (TPSA) is 108 Å². The zero-order valence-electron chi connectivity index (χ0n) is 23.1. The van der Waals surface area contributed by atoms with Crippen molar-refractivity contribution in [1.29, 1.82) is 0 Å². The molecule has 9 heteroatoms. The monoisotopic (exact) mass is 569 g/mol. The van der Waals surface area contributed by atoms with Gasteiger partial charge in [0.2, 0.25) is 0 Å². The number of benzene rings is 4. The van der Waals surface area contributed by atoms with Gasteiger partial charge in [-0.25, -0.2) is 13.1 Å². The third kappa shape index (κ3) is 7.06. The molecule has 5 rings (SSSR count). The summed E-state index contributed by atoms with van der Waals surface area (Å²) in [5.74, 6) is -0.671. The van der Waals surface area contributed by atoms with Crippen LogP contribution in [-0.4, -0.2) is 45.4 Å². The summed E-state index contributed by atoms with van der Waals surface area (Å²) in [5, 5.41) is 3.58. The molecule has 0 spiro atoms. The number of nitrogens with zero attached hydrogens (tertiary/aromatic N) is 2. The van der Waals surface area contributed by atoms with E-state index >= 15 is 0 Å². The summed E-state index contributed by atoms with van der Waals surface area (Å²) in [6.07, 6.45) is 0. The fourth-order valence-corrected chi connectivity index (χ4v) is 5.97. The number of rotatable bonds is 9. The maximum Gasteiger partial charge on any atom is 0.264 e. The molecule has 0 aromatic heterocycles. The summed E-state index contributed by atoms with van der Waals surface area (Å²) < 4.78 is 27.5. The molecule has 1 aliphatic heterocycles. The second kappa shape index (κ2) is 12.4. The lowest BCUT2D eigenvalue weighted by atomic mass is 10.1. The van der Waals surface area contributed by atoms with E-state index in [1.54, 1.807) is 19.1 Å². The molecule has 1 heterocycles. The van der Waals surface area contributed by atoms with Gasteiger partial charge in [-0.1, -0.05) is 48.5 Å². The Kier molecular flexibility index (Phi) is 8.56. The number of piperazine rings is 1. The molecule has 0 saturated carbocycles. The van der Waals surface area contributed by atoms with E-state index in [0.29, 0.717) is 11.3 Å². The summed E-state index contributed by atoms with van der Waals surface area (Å²) in [7, 11) is -4.01. The van der Waals surface area contributed by atoms with Crippen LogP contribution in [0.3, 0.4) is 0 Å². The molecule has 4 N–H and O–H groups in total. The highest BCUT2D eigenvalue weighted by Crippen LogP contribution is 2.22. The van der Waals surface area contributed by atoms with E-state index < -0.39 is 15.9 Å². The molecule has 41 heavy (non-hydrogen) atoms. The van der Waals surface area contributed by atoms with Crippen LogP contribution in [-0.2, 0) is 23.1 Å². The van der Waals surface area contributed by atoms with Gasteiger partial charge in [-0.15, -0.1) is 0 Å². The molecule has 8 nitrogen and oxygen atoms in total. The molecular formula is C32H35N5O3S. The quantitative estimate of drug-likeness (QED) is 0.252. The Bertz CT molecular complexity index is 1600.